The Labute approximate surface area is 160 Å². The zero-order chi connectivity index (χ0) is 19.1. The summed E-state index contributed by atoms with van der Waals surface area (Å²) >= 11 is 0. The minimum atomic E-state index is -0.0859. The van der Waals surface area contributed by atoms with Crippen molar-refractivity contribution in [2.75, 3.05) is 31.1 Å². The number of hydrogen-bond acceptors (Lipinski definition) is 3. The fourth-order valence-electron chi connectivity index (χ4n) is 3.29. The van der Waals surface area contributed by atoms with Crippen LogP contribution in [-0.2, 0) is 9.59 Å². The first-order valence-corrected chi connectivity index (χ1v) is 9.47. The molecule has 0 bridgehead atoms. The highest BCUT2D eigenvalue weighted by molar-refractivity contribution is 5.84. The molecule has 142 valence electrons. The van der Waals surface area contributed by atoms with E-state index in [9.17, 15) is 9.59 Å². The van der Waals surface area contributed by atoms with E-state index < -0.39 is 0 Å². The molecule has 0 spiro atoms. The number of H-pyrrole nitrogens is 1. The van der Waals surface area contributed by atoms with Crippen molar-refractivity contribution in [1.82, 2.24) is 10.2 Å². The molecule has 6 heteroatoms. The van der Waals surface area contributed by atoms with E-state index in [1.54, 1.807) is 0 Å². The van der Waals surface area contributed by atoms with E-state index in [0.29, 0.717) is 13.1 Å². The number of carbonyl (C=O) groups excluding carboxylic acids is 2. The molecule has 0 unspecified atom stereocenters. The summed E-state index contributed by atoms with van der Waals surface area (Å²) in [5.74, 6) is 1.03. The number of nitrogens with one attached hydrogen (secondary N) is 2. The lowest BCUT2D eigenvalue weighted by molar-refractivity contribution is -0.364. The van der Waals surface area contributed by atoms with Crippen LogP contribution >= 0.6 is 0 Å². The summed E-state index contributed by atoms with van der Waals surface area (Å²) in [7, 11) is 0. The van der Waals surface area contributed by atoms with Crippen LogP contribution < -0.4 is 15.2 Å². The Morgan fingerprint density at radius 3 is 2.37 bits per heavy atom. The number of piperazine rings is 1. The first-order valence-electron chi connectivity index (χ1n) is 9.47. The van der Waals surface area contributed by atoms with Crippen molar-refractivity contribution in [3.8, 4) is 0 Å². The summed E-state index contributed by atoms with van der Waals surface area (Å²) in [6.07, 6.45) is 2.38. The second-order valence-corrected chi connectivity index (χ2v) is 6.82. The minimum absolute atomic E-state index is 0.0502. The number of aromatic nitrogens is 1. The fraction of sp³-hybridized carbons (Fsp3) is 0.381. The van der Waals surface area contributed by atoms with Crippen molar-refractivity contribution >= 4 is 17.6 Å². The second-order valence-electron chi connectivity index (χ2n) is 6.82. The first-order chi connectivity index (χ1) is 13.1. The Balaban J connectivity index is 1.40. The van der Waals surface area contributed by atoms with Gasteiger partial charge < -0.3 is 10.2 Å². The Morgan fingerprint density at radius 2 is 1.70 bits per heavy atom. The van der Waals surface area contributed by atoms with Crippen LogP contribution in [0, 0.1) is 0 Å². The number of anilines is 1. The van der Waals surface area contributed by atoms with Crippen LogP contribution in [0.2, 0.25) is 0 Å². The second kappa shape index (κ2) is 9.16. The number of carbonyl (C=O) groups is 2. The summed E-state index contributed by atoms with van der Waals surface area (Å²) in [5.41, 5.74) is 1.06. The van der Waals surface area contributed by atoms with E-state index in [4.69, 9.17) is 0 Å². The maximum Gasteiger partial charge on any atom is 0.274 e. The van der Waals surface area contributed by atoms with Crippen LogP contribution in [0.1, 0.15) is 31.4 Å². The average Bonchev–Trinajstić information content (AvgIpc) is 2.73. The fourth-order valence-corrected chi connectivity index (χ4v) is 3.29. The average molecular weight is 367 g/mol. The van der Waals surface area contributed by atoms with Crippen LogP contribution in [0.3, 0.4) is 0 Å². The van der Waals surface area contributed by atoms with Gasteiger partial charge in [0.15, 0.2) is 0 Å². The molecule has 27 heavy (non-hydrogen) atoms. The Bertz CT molecular complexity index is 743. The Hall–Kier alpha value is -2.89. The maximum atomic E-state index is 12.4. The number of pyridine rings is 1. The highest BCUT2D eigenvalue weighted by Crippen LogP contribution is 2.13. The van der Waals surface area contributed by atoms with E-state index >= 15 is 0 Å². The van der Waals surface area contributed by atoms with Crippen LogP contribution in [0.25, 0.3) is 0 Å². The summed E-state index contributed by atoms with van der Waals surface area (Å²) in [4.78, 5) is 31.9. The maximum absolute atomic E-state index is 12.4. The first kappa shape index (κ1) is 18.9. The molecule has 1 aliphatic rings. The van der Waals surface area contributed by atoms with Crippen molar-refractivity contribution < 1.29 is 14.6 Å². The van der Waals surface area contributed by atoms with Gasteiger partial charge in [-0.25, -0.2) is 4.98 Å². The minimum Gasteiger partial charge on any atom is -0.350 e. The van der Waals surface area contributed by atoms with E-state index in [0.717, 1.165) is 24.5 Å². The molecule has 6 nitrogen and oxygen atoms in total. The van der Waals surface area contributed by atoms with Gasteiger partial charge >= 0.3 is 0 Å². The third-order valence-electron chi connectivity index (χ3n) is 4.91. The molecule has 3 rings (SSSR count). The Morgan fingerprint density at radius 1 is 1.00 bits per heavy atom. The molecule has 1 aromatic carbocycles. The number of nitrogens with zero attached hydrogens (tertiary/aromatic N) is 2. The Kier molecular flexibility index (Phi) is 6.41. The quantitative estimate of drug-likeness (QED) is 0.847. The molecule has 1 fully saturated rings. The standard InChI is InChI=1S/C21H26N4O2/c1-17(18-7-3-2-4-8-18)23-20(26)10-11-21(27)25-15-13-24(14-16-25)19-9-5-6-12-22-19/h2-9,12,17H,10-11,13-16H2,1H3,(H,23,26)/p+1/t17-/m0/s1. The third kappa shape index (κ3) is 5.29. The monoisotopic (exact) mass is 367 g/mol. The summed E-state index contributed by atoms with van der Waals surface area (Å²) in [5, 5.41) is 2.96. The van der Waals surface area contributed by atoms with E-state index in [-0.39, 0.29) is 30.7 Å². The number of amides is 2. The van der Waals surface area contributed by atoms with Crippen LogP contribution in [0.4, 0.5) is 5.82 Å². The number of benzene rings is 1. The van der Waals surface area contributed by atoms with Gasteiger partial charge in [0.25, 0.3) is 5.82 Å². The lowest BCUT2D eigenvalue weighted by atomic mass is 10.1. The van der Waals surface area contributed by atoms with Crippen LogP contribution in [-0.4, -0.2) is 42.9 Å². The van der Waals surface area contributed by atoms with Gasteiger partial charge in [0.05, 0.1) is 25.3 Å². The molecule has 0 saturated carbocycles. The highest BCUT2D eigenvalue weighted by Gasteiger charge is 2.26. The van der Waals surface area contributed by atoms with Gasteiger partial charge in [-0.05, 0) is 18.6 Å². The normalized spacial score (nSPS) is 15.3. The summed E-state index contributed by atoms with van der Waals surface area (Å²) in [6, 6.07) is 15.8. The molecule has 0 aliphatic carbocycles. The molecule has 2 amide bonds. The molecule has 1 aromatic heterocycles. The van der Waals surface area contributed by atoms with Crippen molar-refractivity contribution in [3.05, 3.63) is 60.3 Å². The topological polar surface area (TPSA) is 66.8 Å². The zero-order valence-electron chi connectivity index (χ0n) is 15.7. The largest absolute Gasteiger partial charge is 0.350 e. The van der Waals surface area contributed by atoms with Gasteiger partial charge in [0.1, 0.15) is 13.1 Å². The van der Waals surface area contributed by atoms with Crippen molar-refractivity contribution in [3.63, 3.8) is 0 Å². The molecular formula is C21H27N4O2+. The van der Waals surface area contributed by atoms with Crippen molar-refractivity contribution in [2.24, 2.45) is 0 Å². The number of rotatable bonds is 6. The van der Waals surface area contributed by atoms with E-state index in [1.807, 2.05) is 66.6 Å². The van der Waals surface area contributed by atoms with Gasteiger partial charge in [-0.3, -0.25) is 14.5 Å². The molecule has 2 N–H and O–H groups in total. The predicted molar refractivity (Wildman–Crippen MR) is 104 cm³/mol. The van der Waals surface area contributed by atoms with Gasteiger partial charge in [-0.2, -0.15) is 0 Å². The summed E-state index contributed by atoms with van der Waals surface area (Å²) < 4.78 is 0. The predicted octanol–water partition coefficient (Wildman–Crippen LogP) is 1.81. The molecule has 2 heterocycles. The van der Waals surface area contributed by atoms with E-state index in [1.165, 1.54) is 0 Å². The van der Waals surface area contributed by atoms with E-state index in [2.05, 4.69) is 15.2 Å². The molecule has 0 radical (unpaired) electrons. The zero-order valence-corrected chi connectivity index (χ0v) is 15.7. The number of aromatic amines is 1. The van der Waals surface area contributed by atoms with Gasteiger partial charge in [-0.1, -0.05) is 36.4 Å². The van der Waals surface area contributed by atoms with Crippen molar-refractivity contribution in [1.29, 1.82) is 0 Å². The van der Waals surface area contributed by atoms with Crippen molar-refractivity contribution in [2.45, 2.75) is 25.8 Å². The number of hydrogen-bond donors (Lipinski definition) is 1. The summed E-state index contributed by atoms with van der Waals surface area (Å²) in [6.45, 7) is 4.91. The molecular weight excluding hydrogens is 340 g/mol. The molecule has 1 atom stereocenters. The lowest BCUT2D eigenvalue weighted by Crippen LogP contribution is -2.50. The highest BCUT2D eigenvalue weighted by atomic mass is 16.2. The third-order valence-corrected chi connectivity index (χ3v) is 4.91. The smallest absolute Gasteiger partial charge is 0.274 e. The van der Waals surface area contributed by atoms with Crippen LogP contribution in [0.15, 0.2) is 54.7 Å². The lowest BCUT2D eigenvalue weighted by Gasteiger charge is -2.31. The van der Waals surface area contributed by atoms with Gasteiger partial charge in [0, 0.05) is 18.9 Å². The SMILES string of the molecule is C[C@H](NC(=O)CCC(=O)N1CCN(c2cccc[nH+]2)CC1)c1ccccc1. The van der Waals surface area contributed by atoms with Gasteiger partial charge in [-0.15, -0.1) is 0 Å². The van der Waals surface area contributed by atoms with Crippen LogP contribution in [0.5, 0.6) is 0 Å². The molecule has 1 aliphatic heterocycles. The van der Waals surface area contributed by atoms with Gasteiger partial charge in [0.2, 0.25) is 11.8 Å². The molecule has 2 aromatic rings. The molecule has 1 saturated heterocycles.